The zero-order valence-electron chi connectivity index (χ0n) is 20.1. The Morgan fingerprint density at radius 1 is 1.03 bits per heavy atom. The molecule has 190 valence electrons. The van der Waals surface area contributed by atoms with Crippen molar-refractivity contribution in [2.45, 2.75) is 24.2 Å². The summed E-state index contributed by atoms with van der Waals surface area (Å²) in [6.07, 6.45) is 4.43. The molecule has 1 saturated heterocycles. The lowest BCUT2D eigenvalue weighted by molar-refractivity contribution is 0.273. The molecule has 1 N–H and O–H groups in total. The number of hydrogen-bond donors (Lipinski definition) is 1. The Hall–Kier alpha value is -3.04. The third kappa shape index (κ3) is 6.45. The molecule has 0 atom stereocenters. The minimum Gasteiger partial charge on any atom is -0.253 e. The van der Waals surface area contributed by atoms with Crippen LogP contribution in [0.25, 0.3) is 11.3 Å². The highest BCUT2D eigenvalue weighted by molar-refractivity contribution is 7.89. The van der Waals surface area contributed by atoms with Crippen molar-refractivity contribution >= 4 is 44.3 Å². The second kappa shape index (κ2) is 11.6. The number of rotatable bonds is 8. The number of aromatic nitrogens is 1. The van der Waals surface area contributed by atoms with Crippen molar-refractivity contribution < 1.29 is 8.42 Å². The van der Waals surface area contributed by atoms with Gasteiger partial charge in [-0.25, -0.2) is 13.4 Å². The number of thiazole rings is 1. The van der Waals surface area contributed by atoms with Gasteiger partial charge < -0.3 is 0 Å². The predicted molar refractivity (Wildman–Crippen MR) is 152 cm³/mol. The predicted octanol–water partition coefficient (Wildman–Crippen LogP) is 6.55. The van der Waals surface area contributed by atoms with E-state index < -0.39 is 10.0 Å². The van der Waals surface area contributed by atoms with Crippen molar-refractivity contribution in [3.8, 4) is 11.3 Å². The number of nitrogens with zero attached hydrogens (tertiary/aromatic N) is 3. The summed E-state index contributed by atoms with van der Waals surface area (Å²) in [7, 11) is -3.52. The summed E-state index contributed by atoms with van der Waals surface area (Å²) < 4.78 is 28.1. The van der Waals surface area contributed by atoms with Crippen LogP contribution < -0.4 is 5.43 Å². The first-order valence-electron chi connectivity index (χ1n) is 12.1. The maximum Gasteiger partial charge on any atom is 0.243 e. The van der Waals surface area contributed by atoms with Gasteiger partial charge in [0.25, 0.3) is 0 Å². The number of benzene rings is 3. The molecule has 9 heteroatoms. The zero-order valence-corrected chi connectivity index (χ0v) is 22.5. The van der Waals surface area contributed by atoms with Gasteiger partial charge in [-0.1, -0.05) is 66.2 Å². The lowest BCUT2D eigenvalue weighted by atomic mass is 9.91. The van der Waals surface area contributed by atoms with Crippen molar-refractivity contribution in [2.24, 2.45) is 11.0 Å². The largest absolute Gasteiger partial charge is 0.253 e. The molecular weight excluding hydrogens is 524 g/mol. The second-order valence-corrected chi connectivity index (χ2v) is 12.3. The van der Waals surface area contributed by atoms with Crippen LogP contribution in [0.4, 0.5) is 5.13 Å². The smallest absolute Gasteiger partial charge is 0.243 e. The molecule has 37 heavy (non-hydrogen) atoms. The summed E-state index contributed by atoms with van der Waals surface area (Å²) in [5.41, 5.74) is 6.74. The molecule has 0 aliphatic carbocycles. The van der Waals surface area contributed by atoms with Crippen LogP contribution in [0.2, 0.25) is 5.02 Å². The van der Waals surface area contributed by atoms with Crippen LogP contribution in [0.15, 0.2) is 94.2 Å². The second-order valence-electron chi connectivity index (χ2n) is 9.02. The molecule has 0 radical (unpaired) electrons. The van der Waals surface area contributed by atoms with Gasteiger partial charge in [0.15, 0.2) is 0 Å². The molecule has 1 aromatic heterocycles. The average Bonchev–Trinajstić information content (AvgIpc) is 3.39. The number of anilines is 1. The molecule has 4 aromatic rings. The Kier molecular flexibility index (Phi) is 8.00. The van der Waals surface area contributed by atoms with E-state index in [9.17, 15) is 8.42 Å². The Morgan fingerprint density at radius 2 is 1.78 bits per heavy atom. The fourth-order valence-electron chi connectivity index (χ4n) is 4.45. The van der Waals surface area contributed by atoms with Gasteiger partial charge in [0.2, 0.25) is 15.2 Å². The fraction of sp³-hybridized carbons (Fsp3) is 0.214. The summed E-state index contributed by atoms with van der Waals surface area (Å²) in [5, 5.41) is 7.42. The molecular formula is C28H27ClN4O2S2. The topological polar surface area (TPSA) is 74.7 Å². The lowest BCUT2D eigenvalue weighted by Crippen LogP contribution is -2.38. The number of hydrogen-bond acceptors (Lipinski definition) is 6. The summed E-state index contributed by atoms with van der Waals surface area (Å²) in [5.74, 6) is 0.513. The average molecular weight is 551 g/mol. The van der Waals surface area contributed by atoms with Crippen LogP contribution in [0.3, 0.4) is 0 Å². The summed E-state index contributed by atoms with van der Waals surface area (Å²) in [6, 6.07) is 24.8. The third-order valence-corrected chi connectivity index (χ3v) is 9.35. The van der Waals surface area contributed by atoms with Crippen LogP contribution in [-0.4, -0.2) is 37.0 Å². The van der Waals surface area contributed by atoms with Crippen molar-refractivity contribution in [1.82, 2.24) is 9.29 Å². The molecule has 0 unspecified atom stereocenters. The van der Waals surface area contributed by atoms with Crippen LogP contribution >= 0.6 is 22.9 Å². The highest BCUT2D eigenvalue weighted by Gasteiger charge is 2.29. The maximum absolute atomic E-state index is 13.2. The molecule has 0 amide bonds. The minimum absolute atomic E-state index is 0.317. The van der Waals surface area contributed by atoms with Gasteiger partial charge in [0.05, 0.1) is 16.8 Å². The number of sulfonamides is 1. The molecule has 0 spiro atoms. The Bertz CT molecular complexity index is 1460. The molecule has 1 aliphatic rings. The van der Waals surface area contributed by atoms with Crippen LogP contribution in [0.5, 0.6) is 0 Å². The fourth-order valence-corrected chi connectivity index (χ4v) is 6.79. The van der Waals surface area contributed by atoms with Crippen molar-refractivity contribution in [3.63, 3.8) is 0 Å². The maximum atomic E-state index is 13.2. The summed E-state index contributed by atoms with van der Waals surface area (Å²) in [6.45, 7) is 1.11. The molecule has 1 fully saturated rings. The van der Waals surface area contributed by atoms with Gasteiger partial charge in [0, 0.05) is 29.1 Å². The van der Waals surface area contributed by atoms with Crippen molar-refractivity contribution in [2.75, 3.05) is 18.5 Å². The molecule has 1 aliphatic heterocycles. The zero-order chi connectivity index (χ0) is 25.7. The van der Waals surface area contributed by atoms with Gasteiger partial charge in [-0.2, -0.15) is 9.41 Å². The van der Waals surface area contributed by atoms with Crippen LogP contribution in [0, 0.1) is 5.92 Å². The van der Waals surface area contributed by atoms with Crippen molar-refractivity contribution in [3.05, 3.63) is 100 Å². The number of halogens is 1. The van der Waals surface area contributed by atoms with Crippen LogP contribution in [-0.2, 0) is 16.4 Å². The first-order chi connectivity index (χ1) is 18.0. The van der Waals surface area contributed by atoms with Crippen LogP contribution in [0.1, 0.15) is 24.0 Å². The van der Waals surface area contributed by atoms with E-state index in [-0.39, 0.29) is 0 Å². The van der Waals surface area contributed by atoms with Crippen molar-refractivity contribution in [1.29, 1.82) is 0 Å². The summed E-state index contributed by atoms with van der Waals surface area (Å²) >= 11 is 7.42. The number of hydrazone groups is 1. The van der Waals surface area contributed by atoms with Gasteiger partial charge >= 0.3 is 0 Å². The van der Waals surface area contributed by atoms with E-state index in [0.29, 0.717) is 34.1 Å². The number of piperidine rings is 1. The molecule has 2 heterocycles. The first kappa shape index (κ1) is 25.6. The molecule has 6 nitrogen and oxygen atoms in total. The Labute approximate surface area is 226 Å². The third-order valence-electron chi connectivity index (χ3n) is 6.46. The van der Waals surface area contributed by atoms with E-state index >= 15 is 0 Å². The SMILES string of the molecule is O=S(=O)(c1ccc(-c2csc(NN=Cc3cccc(Cl)c3)n2)cc1)N1CCC(Cc2ccccc2)CC1. The van der Waals surface area contributed by atoms with E-state index in [4.69, 9.17) is 11.6 Å². The molecule has 0 saturated carbocycles. The van der Waals surface area contributed by atoms with Gasteiger partial charge in [-0.05, 0) is 60.6 Å². The minimum atomic E-state index is -3.52. The van der Waals surface area contributed by atoms with E-state index in [2.05, 4.69) is 39.8 Å². The quantitative estimate of drug-likeness (QED) is 0.199. The summed E-state index contributed by atoms with van der Waals surface area (Å²) in [4.78, 5) is 4.88. The van der Waals surface area contributed by atoms with Gasteiger partial charge in [-0.3, -0.25) is 5.43 Å². The normalized spacial score (nSPS) is 15.3. The van der Waals surface area contributed by atoms with E-state index in [1.165, 1.54) is 16.9 Å². The lowest BCUT2D eigenvalue weighted by Gasteiger charge is -2.31. The monoisotopic (exact) mass is 550 g/mol. The number of nitrogens with one attached hydrogen (secondary N) is 1. The Balaban J connectivity index is 1.18. The molecule has 0 bridgehead atoms. The van der Waals surface area contributed by atoms with Gasteiger partial charge in [-0.15, -0.1) is 11.3 Å². The highest BCUT2D eigenvalue weighted by atomic mass is 35.5. The Morgan fingerprint density at radius 3 is 2.51 bits per heavy atom. The van der Waals surface area contributed by atoms with E-state index in [1.54, 1.807) is 22.7 Å². The molecule has 5 rings (SSSR count). The highest BCUT2D eigenvalue weighted by Crippen LogP contribution is 2.29. The molecule has 3 aromatic carbocycles. The van der Waals surface area contributed by atoms with E-state index in [1.807, 2.05) is 47.8 Å². The van der Waals surface area contributed by atoms with E-state index in [0.717, 1.165) is 36.1 Å². The first-order valence-corrected chi connectivity index (χ1v) is 14.8. The standard InChI is InChI=1S/C28H27ClN4O2S2/c29-25-8-4-7-23(18-25)19-30-32-28-31-27(20-36-28)24-9-11-26(12-10-24)37(34,35)33-15-13-22(14-16-33)17-21-5-2-1-3-6-21/h1-12,18-20,22H,13-17H2,(H,31,32). The van der Waals surface area contributed by atoms with Gasteiger partial charge in [0.1, 0.15) is 0 Å².